The lowest BCUT2D eigenvalue weighted by Crippen LogP contribution is -2.29. The van der Waals surface area contributed by atoms with Crippen LogP contribution in [0.2, 0.25) is 5.02 Å². The van der Waals surface area contributed by atoms with Gasteiger partial charge in [0.1, 0.15) is 5.75 Å². The Bertz CT molecular complexity index is 587. The number of benzene rings is 2. The normalized spacial score (nSPS) is 9.79. The van der Waals surface area contributed by atoms with Gasteiger partial charge in [0.2, 0.25) is 0 Å². The number of carbonyl (C=O) groups excluding carboxylic acids is 1. The Morgan fingerprint density at radius 3 is 2.68 bits per heavy atom. The Balaban J connectivity index is 2.00. The van der Waals surface area contributed by atoms with Gasteiger partial charge in [-0.1, -0.05) is 23.7 Å². The molecule has 0 atom stereocenters. The monoisotopic (exact) mass is 276 g/mol. The van der Waals surface area contributed by atoms with Crippen LogP contribution in [0.5, 0.6) is 5.75 Å². The molecule has 0 unspecified atom stereocenters. The third kappa shape index (κ3) is 3.63. The molecule has 0 saturated heterocycles. The molecule has 0 aliphatic carbocycles. The van der Waals surface area contributed by atoms with Crippen molar-refractivity contribution in [2.45, 2.75) is 0 Å². The van der Waals surface area contributed by atoms with E-state index in [1.807, 2.05) is 18.2 Å². The minimum absolute atomic E-state index is 0.259. The molecular weight excluding hydrogens is 264 g/mol. The summed E-state index contributed by atoms with van der Waals surface area (Å²) in [6.07, 6.45) is 0. The fourth-order valence-corrected chi connectivity index (χ4v) is 1.72. The maximum absolute atomic E-state index is 11.9. The lowest BCUT2D eigenvalue weighted by molar-refractivity contribution is 0.0962. The van der Waals surface area contributed by atoms with E-state index in [1.54, 1.807) is 37.4 Å². The molecule has 0 bridgehead atoms. The van der Waals surface area contributed by atoms with Crippen molar-refractivity contribution in [1.82, 2.24) is 5.43 Å². The highest BCUT2D eigenvalue weighted by Gasteiger charge is 2.05. The van der Waals surface area contributed by atoms with Crippen LogP contribution in [0.3, 0.4) is 0 Å². The van der Waals surface area contributed by atoms with Gasteiger partial charge >= 0.3 is 0 Å². The summed E-state index contributed by atoms with van der Waals surface area (Å²) in [7, 11) is 1.59. The molecule has 2 aromatic carbocycles. The van der Waals surface area contributed by atoms with E-state index < -0.39 is 0 Å². The molecule has 0 saturated carbocycles. The molecule has 2 aromatic rings. The van der Waals surface area contributed by atoms with E-state index in [4.69, 9.17) is 16.3 Å². The SMILES string of the molecule is COc1cccc(NNC(=O)c2cccc(Cl)c2)c1. The standard InChI is InChI=1S/C14H13ClN2O2/c1-19-13-7-3-6-12(9-13)16-17-14(18)10-4-2-5-11(15)8-10/h2-9,16H,1H3,(H,17,18). The molecule has 4 nitrogen and oxygen atoms in total. The molecule has 0 radical (unpaired) electrons. The third-order valence-electron chi connectivity index (χ3n) is 2.48. The molecule has 2 rings (SSSR count). The fourth-order valence-electron chi connectivity index (χ4n) is 1.53. The van der Waals surface area contributed by atoms with E-state index in [0.717, 1.165) is 5.69 Å². The zero-order valence-electron chi connectivity index (χ0n) is 10.3. The molecule has 0 aliphatic heterocycles. The van der Waals surface area contributed by atoms with Crippen LogP contribution >= 0.6 is 11.6 Å². The number of nitrogens with one attached hydrogen (secondary N) is 2. The summed E-state index contributed by atoms with van der Waals surface area (Å²) in [6, 6.07) is 14.0. The largest absolute Gasteiger partial charge is 0.497 e. The summed E-state index contributed by atoms with van der Waals surface area (Å²) in [5.41, 5.74) is 6.63. The van der Waals surface area contributed by atoms with E-state index in [1.165, 1.54) is 0 Å². The topological polar surface area (TPSA) is 50.4 Å². The van der Waals surface area contributed by atoms with E-state index in [0.29, 0.717) is 16.3 Å². The summed E-state index contributed by atoms with van der Waals surface area (Å²) >= 11 is 5.83. The quantitative estimate of drug-likeness (QED) is 0.844. The van der Waals surface area contributed by atoms with Crippen LogP contribution in [0.25, 0.3) is 0 Å². The minimum Gasteiger partial charge on any atom is -0.497 e. The number of halogens is 1. The highest BCUT2D eigenvalue weighted by Crippen LogP contribution is 2.16. The van der Waals surface area contributed by atoms with Crippen molar-refractivity contribution >= 4 is 23.2 Å². The average Bonchev–Trinajstić information content (AvgIpc) is 2.45. The first-order valence-electron chi connectivity index (χ1n) is 5.65. The molecule has 0 aliphatic rings. The van der Waals surface area contributed by atoms with Crippen molar-refractivity contribution in [2.24, 2.45) is 0 Å². The molecule has 19 heavy (non-hydrogen) atoms. The number of hydrazine groups is 1. The maximum atomic E-state index is 11.9. The van der Waals surface area contributed by atoms with Gasteiger partial charge in [0.25, 0.3) is 5.91 Å². The van der Waals surface area contributed by atoms with Gasteiger partial charge in [-0.05, 0) is 30.3 Å². The van der Waals surface area contributed by atoms with Crippen LogP contribution in [0, 0.1) is 0 Å². The minimum atomic E-state index is -0.259. The van der Waals surface area contributed by atoms with Gasteiger partial charge in [-0.15, -0.1) is 0 Å². The number of hydrogen-bond donors (Lipinski definition) is 2. The van der Waals surface area contributed by atoms with Crippen LogP contribution in [0.1, 0.15) is 10.4 Å². The molecule has 0 fully saturated rings. The Labute approximate surface area is 116 Å². The summed E-state index contributed by atoms with van der Waals surface area (Å²) < 4.78 is 5.09. The Kier molecular flexibility index (Phi) is 4.26. The van der Waals surface area contributed by atoms with Crippen LogP contribution in [-0.4, -0.2) is 13.0 Å². The van der Waals surface area contributed by atoms with Crippen molar-refractivity contribution in [1.29, 1.82) is 0 Å². The van der Waals surface area contributed by atoms with Crippen LogP contribution in [-0.2, 0) is 0 Å². The number of amides is 1. The highest BCUT2D eigenvalue weighted by molar-refractivity contribution is 6.30. The van der Waals surface area contributed by atoms with Crippen molar-refractivity contribution in [2.75, 3.05) is 12.5 Å². The second-order valence-electron chi connectivity index (χ2n) is 3.82. The molecule has 0 heterocycles. The van der Waals surface area contributed by atoms with Gasteiger partial charge in [-0.25, -0.2) is 0 Å². The summed E-state index contributed by atoms with van der Waals surface area (Å²) in [6.45, 7) is 0. The van der Waals surface area contributed by atoms with Crippen molar-refractivity contribution < 1.29 is 9.53 Å². The Hall–Kier alpha value is -2.20. The summed E-state index contributed by atoms with van der Waals surface area (Å²) in [5.74, 6) is 0.451. The Morgan fingerprint density at radius 2 is 1.95 bits per heavy atom. The smallest absolute Gasteiger partial charge is 0.269 e. The average molecular weight is 277 g/mol. The predicted molar refractivity (Wildman–Crippen MR) is 75.5 cm³/mol. The van der Waals surface area contributed by atoms with Crippen molar-refractivity contribution in [3.05, 3.63) is 59.1 Å². The van der Waals surface area contributed by atoms with Gasteiger partial charge < -0.3 is 4.74 Å². The predicted octanol–water partition coefficient (Wildman–Crippen LogP) is 3.11. The fraction of sp³-hybridized carbons (Fsp3) is 0.0714. The van der Waals surface area contributed by atoms with Gasteiger partial charge in [0, 0.05) is 16.7 Å². The molecular formula is C14H13ClN2O2. The van der Waals surface area contributed by atoms with Gasteiger partial charge in [-0.2, -0.15) is 0 Å². The van der Waals surface area contributed by atoms with Crippen molar-refractivity contribution in [3.8, 4) is 5.75 Å². The maximum Gasteiger partial charge on any atom is 0.269 e. The lowest BCUT2D eigenvalue weighted by atomic mass is 10.2. The van der Waals surface area contributed by atoms with Crippen molar-refractivity contribution in [3.63, 3.8) is 0 Å². The summed E-state index contributed by atoms with van der Waals surface area (Å²) in [4.78, 5) is 11.9. The highest BCUT2D eigenvalue weighted by atomic mass is 35.5. The second-order valence-corrected chi connectivity index (χ2v) is 4.26. The molecule has 5 heteroatoms. The first kappa shape index (κ1) is 13.2. The van der Waals surface area contributed by atoms with Gasteiger partial charge in [0.15, 0.2) is 0 Å². The van der Waals surface area contributed by atoms with E-state index in [2.05, 4.69) is 10.9 Å². The van der Waals surface area contributed by atoms with E-state index in [-0.39, 0.29) is 5.91 Å². The van der Waals surface area contributed by atoms with E-state index >= 15 is 0 Å². The third-order valence-corrected chi connectivity index (χ3v) is 2.71. The number of ether oxygens (including phenoxy) is 1. The van der Waals surface area contributed by atoms with Gasteiger partial charge in [-0.3, -0.25) is 15.6 Å². The zero-order valence-corrected chi connectivity index (χ0v) is 11.1. The summed E-state index contributed by atoms with van der Waals surface area (Å²) in [5, 5.41) is 0.522. The molecule has 2 N–H and O–H groups in total. The number of methoxy groups -OCH3 is 1. The Morgan fingerprint density at radius 1 is 1.16 bits per heavy atom. The second kappa shape index (κ2) is 6.11. The van der Waals surface area contributed by atoms with Gasteiger partial charge in [0.05, 0.1) is 12.8 Å². The van der Waals surface area contributed by atoms with Crippen LogP contribution < -0.4 is 15.6 Å². The first-order valence-corrected chi connectivity index (χ1v) is 6.03. The first-order chi connectivity index (χ1) is 9.19. The molecule has 1 amide bonds. The zero-order chi connectivity index (χ0) is 13.7. The lowest BCUT2D eigenvalue weighted by Gasteiger charge is -2.09. The molecule has 0 spiro atoms. The number of rotatable bonds is 4. The number of carbonyl (C=O) groups is 1. The molecule has 0 aromatic heterocycles. The number of anilines is 1. The van der Waals surface area contributed by atoms with Crippen LogP contribution in [0.4, 0.5) is 5.69 Å². The van der Waals surface area contributed by atoms with Crippen LogP contribution in [0.15, 0.2) is 48.5 Å². The number of hydrogen-bond acceptors (Lipinski definition) is 3. The molecule has 98 valence electrons. The van der Waals surface area contributed by atoms with E-state index in [9.17, 15) is 4.79 Å².